The monoisotopic (exact) mass is 168 g/mol. The van der Waals surface area contributed by atoms with Gasteiger partial charge >= 0.3 is 0 Å². The zero-order valence-electron chi connectivity index (χ0n) is 7.85. The Morgan fingerprint density at radius 1 is 1.17 bits per heavy atom. The number of ketones is 2. The minimum absolute atomic E-state index is 0.262. The number of hydrogen-bond donors (Lipinski definition) is 0. The third-order valence-corrected chi connectivity index (χ3v) is 3.11. The second-order valence-corrected chi connectivity index (χ2v) is 3.63. The average Bonchev–Trinajstić information content (AvgIpc) is 2.09. The van der Waals surface area contributed by atoms with Gasteiger partial charge in [0.2, 0.25) is 0 Å². The molecule has 1 aliphatic rings. The van der Waals surface area contributed by atoms with Crippen LogP contribution in [0.5, 0.6) is 0 Å². The summed E-state index contributed by atoms with van der Waals surface area (Å²) >= 11 is 0. The van der Waals surface area contributed by atoms with Gasteiger partial charge in [-0.2, -0.15) is 0 Å². The maximum absolute atomic E-state index is 11.6. The first-order valence-corrected chi connectivity index (χ1v) is 4.69. The van der Waals surface area contributed by atoms with Crippen molar-refractivity contribution in [3.63, 3.8) is 0 Å². The summed E-state index contributed by atoms with van der Waals surface area (Å²) in [5.41, 5.74) is -0.296. The Morgan fingerprint density at radius 3 is 2.17 bits per heavy atom. The van der Waals surface area contributed by atoms with Gasteiger partial charge in [-0.15, -0.1) is 0 Å². The molecule has 0 spiro atoms. The summed E-state index contributed by atoms with van der Waals surface area (Å²) in [4.78, 5) is 22.8. The predicted octanol–water partition coefficient (Wildman–Crippen LogP) is 2.11. The lowest BCUT2D eigenvalue weighted by Gasteiger charge is -2.32. The SMILES string of the molecule is CCC1(CC)CC(=O)CCC1=O. The summed E-state index contributed by atoms with van der Waals surface area (Å²) < 4.78 is 0. The topological polar surface area (TPSA) is 34.1 Å². The van der Waals surface area contributed by atoms with Crippen molar-refractivity contribution in [2.24, 2.45) is 5.41 Å². The molecule has 12 heavy (non-hydrogen) atoms. The van der Waals surface area contributed by atoms with Crippen molar-refractivity contribution in [1.82, 2.24) is 0 Å². The van der Waals surface area contributed by atoms with Crippen LogP contribution in [0, 0.1) is 5.41 Å². The van der Waals surface area contributed by atoms with Gasteiger partial charge in [-0.25, -0.2) is 0 Å². The number of carbonyl (C=O) groups excluding carboxylic acids is 2. The molecular formula is C10H16O2. The van der Waals surface area contributed by atoms with E-state index in [1.165, 1.54) is 0 Å². The molecule has 0 aliphatic heterocycles. The highest BCUT2D eigenvalue weighted by molar-refractivity contribution is 5.97. The van der Waals surface area contributed by atoms with Crippen LogP contribution < -0.4 is 0 Å². The molecule has 1 fully saturated rings. The molecule has 0 bridgehead atoms. The zero-order valence-corrected chi connectivity index (χ0v) is 7.85. The van der Waals surface area contributed by atoms with Crippen LogP contribution >= 0.6 is 0 Å². The minimum atomic E-state index is -0.296. The molecule has 1 aliphatic carbocycles. The molecular weight excluding hydrogens is 152 g/mol. The van der Waals surface area contributed by atoms with E-state index in [-0.39, 0.29) is 11.2 Å². The van der Waals surface area contributed by atoms with Gasteiger partial charge in [-0.1, -0.05) is 13.8 Å². The van der Waals surface area contributed by atoms with Crippen LogP contribution in [0.15, 0.2) is 0 Å². The molecule has 0 saturated heterocycles. The predicted molar refractivity (Wildman–Crippen MR) is 46.9 cm³/mol. The van der Waals surface area contributed by atoms with Crippen LogP contribution in [0.3, 0.4) is 0 Å². The fraction of sp³-hybridized carbons (Fsp3) is 0.800. The van der Waals surface area contributed by atoms with E-state index in [1.54, 1.807) is 0 Å². The number of rotatable bonds is 2. The van der Waals surface area contributed by atoms with Crippen molar-refractivity contribution in [2.75, 3.05) is 0 Å². The Labute approximate surface area is 73.3 Å². The van der Waals surface area contributed by atoms with Gasteiger partial charge < -0.3 is 0 Å². The highest BCUT2D eigenvalue weighted by Crippen LogP contribution is 2.37. The van der Waals surface area contributed by atoms with Crippen molar-refractivity contribution in [2.45, 2.75) is 46.0 Å². The van der Waals surface area contributed by atoms with Gasteiger partial charge in [0.25, 0.3) is 0 Å². The summed E-state index contributed by atoms with van der Waals surface area (Å²) in [7, 11) is 0. The fourth-order valence-corrected chi connectivity index (χ4v) is 1.98. The van der Waals surface area contributed by atoms with Gasteiger partial charge in [0, 0.05) is 24.7 Å². The van der Waals surface area contributed by atoms with Gasteiger partial charge in [-0.05, 0) is 12.8 Å². The molecule has 2 heteroatoms. The Balaban J connectivity index is 2.82. The van der Waals surface area contributed by atoms with Crippen LogP contribution in [0.25, 0.3) is 0 Å². The Kier molecular flexibility index (Phi) is 2.65. The highest BCUT2D eigenvalue weighted by Gasteiger charge is 2.39. The first kappa shape index (κ1) is 9.43. The van der Waals surface area contributed by atoms with Gasteiger partial charge in [-0.3, -0.25) is 9.59 Å². The number of hydrogen-bond acceptors (Lipinski definition) is 2. The second-order valence-electron chi connectivity index (χ2n) is 3.63. The normalized spacial score (nSPS) is 22.8. The van der Waals surface area contributed by atoms with Crippen molar-refractivity contribution in [3.8, 4) is 0 Å². The van der Waals surface area contributed by atoms with E-state index in [9.17, 15) is 9.59 Å². The molecule has 0 radical (unpaired) electrons. The standard InChI is InChI=1S/C10H16O2/c1-3-10(4-2)7-8(11)5-6-9(10)12/h3-7H2,1-2H3. The first-order chi connectivity index (χ1) is 5.64. The summed E-state index contributed by atoms with van der Waals surface area (Å²) in [6.07, 6.45) is 3.06. The second kappa shape index (κ2) is 3.38. The molecule has 0 aromatic rings. The van der Waals surface area contributed by atoms with E-state index in [0.29, 0.717) is 25.0 Å². The molecule has 0 N–H and O–H groups in total. The van der Waals surface area contributed by atoms with E-state index in [0.717, 1.165) is 12.8 Å². The molecule has 0 heterocycles. The molecule has 0 amide bonds. The number of Topliss-reactive ketones (excluding diaryl/α,β-unsaturated/α-hetero) is 2. The van der Waals surface area contributed by atoms with E-state index < -0.39 is 0 Å². The maximum Gasteiger partial charge on any atom is 0.139 e. The summed E-state index contributed by atoms with van der Waals surface area (Å²) in [5, 5.41) is 0. The van der Waals surface area contributed by atoms with Gasteiger partial charge in [0.15, 0.2) is 0 Å². The average molecular weight is 168 g/mol. The Morgan fingerprint density at radius 2 is 1.75 bits per heavy atom. The molecule has 2 nitrogen and oxygen atoms in total. The fourth-order valence-electron chi connectivity index (χ4n) is 1.98. The van der Waals surface area contributed by atoms with Crippen molar-refractivity contribution < 1.29 is 9.59 Å². The lowest BCUT2D eigenvalue weighted by molar-refractivity contribution is -0.139. The molecule has 1 rings (SSSR count). The van der Waals surface area contributed by atoms with Crippen molar-refractivity contribution in [3.05, 3.63) is 0 Å². The van der Waals surface area contributed by atoms with Gasteiger partial charge in [0.05, 0.1) is 0 Å². The summed E-state index contributed by atoms with van der Waals surface area (Å²) in [5.74, 6) is 0.561. The molecule has 68 valence electrons. The first-order valence-electron chi connectivity index (χ1n) is 4.69. The molecule has 0 aromatic heterocycles. The van der Waals surface area contributed by atoms with Crippen LogP contribution in [-0.4, -0.2) is 11.6 Å². The Bertz CT molecular complexity index is 202. The van der Waals surface area contributed by atoms with Crippen molar-refractivity contribution >= 4 is 11.6 Å². The Hall–Kier alpha value is -0.660. The summed E-state index contributed by atoms with van der Waals surface area (Å²) in [6, 6.07) is 0. The minimum Gasteiger partial charge on any atom is -0.300 e. The van der Waals surface area contributed by atoms with E-state index in [2.05, 4.69) is 0 Å². The van der Waals surface area contributed by atoms with Gasteiger partial charge in [0.1, 0.15) is 11.6 Å². The number of carbonyl (C=O) groups is 2. The van der Waals surface area contributed by atoms with Crippen LogP contribution in [0.2, 0.25) is 0 Å². The van der Waals surface area contributed by atoms with Crippen LogP contribution in [0.4, 0.5) is 0 Å². The maximum atomic E-state index is 11.6. The van der Waals surface area contributed by atoms with E-state index >= 15 is 0 Å². The molecule has 0 unspecified atom stereocenters. The third-order valence-electron chi connectivity index (χ3n) is 3.11. The van der Waals surface area contributed by atoms with E-state index in [1.807, 2.05) is 13.8 Å². The lowest BCUT2D eigenvalue weighted by Crippen LogP contribution is -2.36. The molecule has 0 aromatic carbocycles. The van der Waals surface area contributed by atoms with Crippen LogP contribution in [-0.2, 0) is 9.59 Å². The third kappa shape index (κ3) is 1.43. The van der Waals surface area contributed by atoms with Crippen molar-refractivity contribution in [1.29, 1.82) is 0 Å². The zero-order chi connectivity index (χ0) is 9.19. The van der Waals surface area contributed by atoms with E-state index in [4.69, 9.17) is 0 Å². The summed E-state index contributed by atoms with van der Waals surface area (Å²) in [6.45, 7) is 4.00. The molecule has 0 atom stereocenters. The molecule has 1 saturated carbocycles. The highest BCUT2D eigenvalue weighted by atomic mass is 16.1. The van der Waals surface area contributed by atoms with Crippen LogP contribution in [0.1, 0.15) is 46.0 Å². The quantitative estimate of drug-likeness (QED) is 0.633. The lowest BCUT2D eigenvalue weighted by atomic mass is 9.69. The smallest absolute Gasteiger partial charge is 0.139 e. The largest absolute Gasteiger partial charge is 0.300 e.